The Balaban J connectivity index is 2.01. The smallest absolute Gasteiger partial charge is 0.342 e. The van der Waals surface area contributed by atoms with Crippen molar-refractivity contribution in [3.63, 3.8) is 0 Å². The number of amides is 1. The summed E-state index contributed by atoms with van der Waals surface area (Å²) in [6.45, 7) is 1.90. The van der Waals surface area contributed by atoms with Gasteiger partial charge in [0, 0.05) is 18.1 Å². The maximum absolute atomic E-state index is 12.8. The van der Waals surface area contributed by atoms with Crippen LogP contribution in [0, 0.1) is 0 Å². The summed E-state index contributed by atoms with van der Waals surface area (Å²) in [4.78, 5) is 13.9. The van der Waals surface area contributed by atoms with Crippen LogP contribution >= 0.6 is 11.6 Å². The van der Waals surface area contributed by atoms with Crippen molar-refractivity contribution >= 4 is 17.5 Å². The number of carbonyl (C=O) groups excluding carboxylic acids is 1. The molecule has 6 heteroatoms. The Hall–Kier alpha value is -2.01. The van der Waals surface area contributed by atoms with E-state index in [4.69, 9.17) is 11.6 Å². The Kier molecular flexibility index (Phi) is 6.11. The summed E-state index contributed by atoms with van der Waals surface area (Å²) in [6.07, 6.45) is -3.83. The summed E-state index contributed by atoms with van der Waals surface area (Å²) in [5, 5.41) is 0.644. The van der Waals surface area contributed by atoms with E-state index in [1.807, 2.05) is 19.1 Å². The molecule has 2 aromatic rings. The van der Waals surface area contributed by atoms with Crippen LogP contribution in [0.15, 0.2) is 48.5 Å². The first kappa shape index (κ1) is 19.3. The van der Waals surface area contributed by atoms with Crippen LogP contribution in [0.5, 0.6) is 0 Å². The van der Waals surface area contributed by atoms with E-state index in [0.717, 1.165) is 17.7 Å². The number of hydrogen-bond acceptors (Lipinski definition) is 1. The molecule has 2 aromatic carbocycles. The van der Waals surface area contributed by atoms with Crippen LogP contribution in [0.4, 0.5) is 13.2 Å². The van der Waals surface area contributed by atoms with Gasteiger partial charge in [-0.3, -0.25) is 4.79 Å². The van der Waals surface area contributed by atoms with Crippen LogP contribution in [0.25, 0.3) is 0 Å². The first-order valence-electron chi connectivity index (χ1n) is 7.83. The first-order valence-corrected chi connectivity index (χ1v) is 8.21. The molecule has 2 nitrogen and oxygen atoms in total. The van der Waals surface area contributed by atoms with E-state index in [1.54, 1.807) is 24.1 Å². The van der Waals surface area contributed by atoms with E-state index >= 15 is 0 Å². The van der Waals surface area contributed by atoms with Gasteiger partial charge in [-0.2, -0.15) is 13.2 Å². The summed E-state index contributed by atoms with van der Waals surface area (Å²) >= 11 is 5.85. The highest BCUT2D eigenvalue weighted by atomic mass is 35.5. The second-order valence-electron chi connectivity index (χ2n) is 6.06. The lowest BCUT2D eigenvalue weighted by Gasteiger charge is -2.25. The molecule has 0 radical (unpaired) electrons. The molecule has 0 aliphatic carbocycles. The average Bonchev–Trinajstić information content (AvgIpc) is 2.55. The molecule has 0 saturated heterocycles. The third-order valence-electron chi connectivity index (χ3n) is 4.11. The van der Waals surface area contributed by atoms with Gasteiger partial charge in [0.25, 0.3) is 0 Å². The molecule has 0 saturated carbocycles. The summed E-state index contributed by atoms with van der Waals surface area (Å²) in [5.41, 5.74) is 0.649. The topological polar surface area (TPSA) is 20.3 Å². The van der Waals surface area contributed by atoms with Crippen molar-refractivity contribution < 1.29 is 18.0 Å². The van der Waals surface area contributed by atoms with Gasteiger partial charge < -0.3 is 4.90 Å². The summed E-state index contributed by atoms with van der Waals surface area (Å²) in [5.74, 6) is -0.221. The van der Waals surface area contributed by atoms with Crippen molar-refractivity contribution in [2.45, 2.75) is 32.0 Å². The zero-order valence-electron chi connectivity index (χ0n) is 14.0. The van der Waals surface area contributed by atoms with E-state index in [2.05, 4.69) is 0 Å². The van der Waals surface area contributed by atoms with Gasteiger partial charge in [-0.25, -0.2) is 0 Å². The lowest BCUT2D eigenvalue weighted by molar-refractivity contribution is -0.138. The quantitative estimate of drug-likeness (QED) is 0.727. The molecule has 0 aromatic heterocycles. The maximum atomic E-state index is 12.8. The Labute approximate surface area is 150 Å². The van der Waals surface area contributed by atoms with Gasteiger partial charge in [0.1, 0.15) is 0 Å². The number of benzene rings is 2. The SMILES string of the molecule is CC(Cc1ccc(Cl)cc1)N(C)C(=O)Cc1cccc(C(F)(F)F)c1. The van der Waals surface area contributed by atoms with Crippen molar-refractivity contribution in [3.8, 4) is 0 Å². The van der Waals surface area contributed by atoms with E-state index in [1.165, 1.54) is 12.1 Å². The van der Waals surface area contributed by atoms with E-state index < -0.39 is 11.7 Å². The Morgan fingerprint density at radius 2 is 1.76 bits per heavy atom. The average molecular weight is 370 g/mol. The monoisotopic (exact) mass is 369 g/mol. The highest BCUT2D eigenvalue weighted by Gasteiger charge is 2.30. The molecule has 25 heavy (non-hydrogen) atoms. The molecular formula is C19H19ClF3NO. The minimum atomic E-state index is -4.41. The lowest BCUT2D eigenvalue weighted by atomic mass is 10.0. The molecule has 0 fully saturated rings. The first-order chi connectivity index (χ1) is 11.7. The predicted molar refractivity (Wildman–Crippen MR) is 92.5 cm³/mol. The highest BCUT2D eigenvalue weighted by molar-refractivity contribution is 6.30. The Morgan fingerprint density at radius 1 is 1.12 bits per heavy atom. The van der Waals surface area contributed by atoms with Crippen molar-refractivity contribution in [2.75, 3.05) is 7.05 Å². The van der Waals surface area contributed by atoms with Gasteiger partial charge in [0.15, 0.2) is 0 Å². The molecule has 0 aliphatic heterocycles. The zero-order chi connectivity index (χ0) is 18.6. The van der Waals surface area contributed by atoms with Gasteiger partial charge in [-0.05, 0) is 42.7 Å². The Bertz CT molecular complexity index is 728. The number of alkyl halides is 3. The highest BCUT2D eigenvalue weighted by Crippen LogP contribution is 2.29. The molecular weight excluding hydrogens is 351 g/mol. The van der Waals surface area contributed by atoms with Crippen molar-refractivity contribution in [2.24, 2.45) is 0 Å². The van der Waals surface area contributed by atoms with Crippen molar-refractivity contribution in [3.05, 3.63) is 70.2 Å². The number of halogens is 4. The fourth-order valence-corrected chi connectivity index (χ4v) is 2.63. The van der Waals surface area contributed by atoms with E-state index in [0.29, 0.717) is 17.0 Å². The van der Waals surface area contributed by atoms with Gasteiger partial charge in [0.05, 0.1) is 12.0 Å². The van der Waals surface area contributed by atoms with E-state index in [-0.39, 0.29) is 18.4 Å². The second kappa shape index (κ2) is 7.91. The number of rotatable bonds is 5. The minimum absolute atomic E-state index is 0.0641. The molecule has 0 aliphatic rings. The van der Waals surface area contributed by atoms with Crippen LogP contribution < -0.4 is 0 Å². The van der Waals surface area contributed by atoms with Gasteiger partial charge in [0.2, 0.25) is 5.91 Å². The van der Waals surface area contributed by atoms with Crippen LogP contribution in [-0.4, -0.2) is 23.9 Å². The summed E-state index contributed by atoms with van der Waals surface area (Å²) < 4.78 is 38.3. The van der Waals surface area contributed by atoms with Crippen molar-refractivity contribution in [1.29, 1.82) is 0 Å². The fraction of sp³-hybridized carbons (Fsp3) is 0.316. The van der Waals surface area contributed by atoms with Crippen LogP contribution in [0.3, 0.4) is 0 Å². The normalized spacial score (nSPS) is 12.7. The largest absolute Gasteiger partial charge is 0.416 e. The molecule has 0 bridgehead atoms. The van der Waals surface area contributed by atoms with Gasteiger partial charge in [-0.15, -0.1) is 0 Å². The predicted octanol–water partition coefficient (Wildman–Crippen LogP) is 4.99. The number of likely N-dealkylation sites (N-methyl/N-ethyl adjacent to an activating group) is 1. The van der Waals surface area contributed by atoms with E-state index in [9.17, 15) is 18.0 Å². The summed E-state index contributed by atoms with van der Waals surface area (Å²) in [6, 6.07) is 12.2. The molecule has 0 N–H and O–H groups in total. The van der Waals surface area contributed by atoms with Crippen LogP contribution in [0.1, 0.15) is 23.6 Å². The number of hydrogen-bond donors (Lipinski definition) is 0. The third kappa shape index (κ3) is 5.49. The molecule has 0 heterocycles. The maximum Gasteiger partial charge on any atom is 0.416 e. The van der Waals surface area contributed by atoms with Crippen molar-refractivity contribution in [1.82, 2.24) is 4.90 Å². The molecule has 2 rings (SSSR count). The third-order valence-corrected chi connectivity index (χ3v) is 4.36. The summed E-state index contributed by atoms with van der Waals surface area (Å²) in [7, 11) is 1.66. The second-order valence-corrected chi connectivity index (χ2v) is 6.50. The van der Waals surface area contributed by atoms with Crippen LogP contribution in [-0.2, 0) is 23.8 Å². The van der Waals surface area contributed by atoms with Gasteiger partial charge >= 0.3 is 6.18 Å². The van der Waals surface area contributed by atoms with Crippen LogP contribution in [0.2, 0.25) is 5.02 Å². The standard InChI is InChI=1S/C19H19ClF3NO/c1-13(10-14-6-8-17(20)9-7-14)24(2)18(25)12-15-4-3-5-16(11-15)19(21,22)23/h3-9,11,13H,10,12H2,1-2H3. The minimum Gasteiger partial charge on any atom is -0.342 e. The fourth-order valence-electron chi connectivity index (χ4n) is 2.50. The van der Waals surface area contributed by atoms with Gasteiger partial charge in [-0.1, -0.05) is 41.9 Å². The lowest BCUT2D eigenvalue weighted by Crippen LogP contribution is -2.37. The molecule has 1 unspecified atom stereocenters. The number of carbonyl (C=O) groups is 1. The Morgan fingerprint density at radius 3 is 2.36 bits per heavy atom. The molecule has 134 valence electrons. The zero-order valence-corrected chi connectivity index (χ0v) is 14.7. The molecule has 0 spiro atoms. The number of nitrogens with zero attached hydrogens (tertiary/aromatic N) is 1. The molecule has 1 amide bonds. The molecule has 1 atom stereocenters.